The molecule has 112 valence electrons. The summed E-state index contributed by atoms with van der Waals surface area (Å²) in [5.41, 5.74) is 9.89. The molecule has 2 aromatic rings. The van der Waals surface area contributed by atoms with Gasteiger partial charge in [-0.25, -0.2) is 8.42 Å². The zero-order valence-electron chi connectivity index (χ0n) is 10.5. The van der Waals surface area contributed by atoms with Crippen molar-refractivity contribution in [3.8, 4) is 23.0 Å². The van der Waals surface area contributed by atoms with Crippen molar-refractivity contribution in [2.45, 2.75) is 9.79 Å². The first-order chi connectivity index (χ1) is 9.64. The molecule has 0 saturated carbocycles. The fourth-order valence-electron chi connectivity index (χ4n) is 1.64. The van der Waals surface area contributed by atoms with E-state index >= 15 is 0 Å². The number of nitrogens with two attached hydrogens (primary N) is 2. The number of sulfone groups is 1. The van der Waals surface area contributed by atoms with Crippen LogP contribution in [0.15, 0.2) is 34.1 Å². The van der Waals surface area contributed by atoms with Crippen LogP contribution in [0.1, 0.15) is 0 Å². The third-order valence-electron chi connectivity index (χ3n) is 2.84. The normalized spacial score (nSPS) is 11.4. The van der Waals surface area contributed by atoms with Crippen LogP contribution in [-0.2, 0) is 9.84 Å². The molecule has 0 amide bonds. The molecule has 0 radical (unpaired) electrons. The van der Waals surface area contributed by atoms with Gasteiger partial charge in [0.05, 0.1) is 9.79 Å². The molecule has 2 aromatic carbocycles. The second-order valence-corrected chi connectivity index (χ2v) is 6.20. The van der Waals surface area contributed by atoms with E-state index in [4.69, 9.17) is 11.5 Å². The summed E-state index contributed by atoms with van der Waals surface area (Å²) in [6, 6.07) is 3.37. The molecule has 2 rings (SSSR count). The summed E-state index contributed by atoms with van der Waals surface area (Å²) in [4.78, 5) is -0.925. The highest BCUT2D eigenvalue weighted by Crippen LogP contribution is 2.38. The topological polar surface area (TPSA) is 167 Å². The predicted octanol–water partition coefficient (Wildman–Crippen LogP) is 0.506. The highest BCUT2D eigenvalue weighted by atomic mass is 32.2. The molecule has 0 bridgehead atoms. The lowest BCUT2D eigenvalue weighted by atomic mass is 10.3. The standard InChI is InChI=1S/C12H12N2O6S/c13-11-7(15)1-5(2-8(11)16)21(19,20)6-3-9(17)12(14)10(18)4-6/h1-4,15-18H,13-14H2. The van der Waals surface area contributed by atoms with Gasteiger partial charge in [0, 0.05) is 24.3 Å². The fraction of sp³-hybridized carbons (Fsp3) is 0. The molecule has 0 saturated heterocycles. The van der Waals surface area contributed by atoms with Crippen molar-refractivity contribution in [1.29, 1.82) is 0 Å². The number of hydrogen-bond donors (Lipinski definition) is 6. The molecule has 0 unspecified atom stereocenters. The summed E-state index contributed by atoms with van der Waals surface area (Å²) in [5, 5.41) is 37.9. The molecular weight excluding hydrogens is 300 g/mol. The molecule has 0 aromatic heterocycles. The maximum Gasteiger partial charge on any atom is 0.207 e. The minimum atomic E-state index is -4.21. The first kappa shape index (κ1) is 14.6. The highest BCUT2D eigenvalue weighted by Gasteiger charge is 2.23. The van der Waals surface area contributed by atoms with Gasteiger partial charge in [0.15, 0.2) is 0 Å². The third-order valence-corrected chi connectivity index (χ3v) is 4.55. The van der Waals surface area contributed by atoms with Gasteiger partial charge in [-0.3, -0.25) is 0 Å². The first-order valence-electron chi connectivity index (χ1n) is 5.52. The monoisotopic (exact) mass is 312 g/mol. The number of benzene rings is 2. The maximum atomic E-state index is 12.3. The fourth-order valence-corrected chi connectivity index (χ4v) is 2.98. The minimum absolute atomic E-state index is 0.364. The van der Waals surface area contributed by atoms with Gasteiger partial charge in [0.2, 0.25) is 9.84 Å². The van der Waals surface area contributed by atoms with Crippen molar-refractivity contribution in [2.24, 2.45) is 0 Å². The van der Waals surface area contributed by atoms with E-state index in [0.29, 0.717) is 0 Å². The number of aromatic hydroxyl groups is 4. The lowest BCUT2D eigenvalue weighted by Crippen LogP contribution is -2.03. The molecule has 21 heavy (non-hydrogen) atoms. The number of phenolic OH excluding ortho intramolecular Hbond substituents is 4. The van der Waals surface area contributed by atoms with Crippen LogP contribution in [-0.4, -0.2) is 28.8 Å². The quantitative estimate of drug-likeness (QED) is 0.344. The molecule has 0 heterocycles. The summed E-state index contributed by atoms with van der Waals surface area (Å²) in [7, 11) is -4.21. The van der Waals surface area contributed by atoms with E-state index in [1.165, 1.54) is 0 Å². The number of phenols is 4. The minimum Gasteiger partial charge on any atom is -0.506 e. The molecule has 0 atom stereocenters. The van der Waals surface area contributed by atoms with Crippen LogP contribution in [0.2, 0.25) is 0 Å². The Labute approximate surface area is 119 Å². The number of hydrogen-bond acceptors (Lipinski definition) is 8. The molecule has 0 aliphatic heterocycles. The van der Waals surface area contributed by atoms with E-state index in [-0.39, 0.29) is 11.4 Å². The van der Waals surface area contributed by atoms with Gasteiger partial charge in [-0.2, -0.15) is 0 Å². The Balaban J connectivity index is 2.68. The Morgan fingerprint density at radius 3 is 1.14 bits per heavy atom. The zero-order valence-corrected chi connectivity index (χ0v) is 11.3. The Kier molecular flexibility index (Phi) is 3.22. The van der Waals surface area contributed by atoms with Gasteiger partial charge in [0.25, 0.3) is 0 Å². The lowest BCUT2D eigenvalue weighted by molar-refractivity contribution is 0.451. The van der Waals surface area contributed by atoms with E-state index in [2.05, 4.69) is 0 Å². The van der Waals surface area contributed by atoms with Crippen molar-refractivity contribution >= 4 is 21.2 Å². The Hall–Kier alpha value is -2.81. The van der Waals surface area contributed by atoms with Gasteiger partial charge in [-0.15, -0.1) is 0 Å². The van der Waals surface area contributed by atoms with Gasteiger partial charge in [-0.1, -0.05) is 0 Å². The number of rotatable bonds is 2. The number of anilines is 2. The molecule has 0 aliphatic carbocycles. The molecule has 9 heteroatoms. The Morgan fingerprint density at radius 2 is 0.905 bits per heavy atom. The SMILES string of the molecule is Nc1c(O)cc(S(=O)(=O)c2cc(O)c(N)c(O)c2)cc1O. The average molecular weight is 312 g/mol. The van der Waals surface area contributed by atoms with Gasteiger partial charge < -0.3 is 31.9 Å². The summed E-state index contributed by atoms with van der Waals surface area (Å²) >= 11 is 0. The largest absolute Gasteiger partial charge is 0.506 e. The summed E-state index contributed by atoms with van der Waals surface area (Å²) < 4.78 is 24.7. The number of nitrogen functional groups attached to an aromatic ring is 2. The summed E-state index contributed by atoms with van der Waals surface area (Å²) in [6.07, 6.45) is 0. The van der Waals surface area contributed by atoms with Gasteiger partial charge in [0.1, 0.15) is 34.4 Å². The molecule has 0 aliphatic rings. The molecule has 8 nitrogen and oxygen atoms in total. The maximum absolute atomic E-state index is 12.3. The van der Waals surface area contributed by atoms with Crippen LogP contribution in [0.5, 0.6) is 23.0 Å². The van der Waals surface area contributed by atoms with E-state index in [0.717, 1.165) is 24.3 Å². The van der Waals surface area contributed by atoms with Crippen molar-refractivity contribution in [3.05, 3.63) is 24.3 Å². The van der Waals surface area contributed by atoms with Crippen molar-refractivity contribution < 1.29 is 28.8 Å². The molecule has 8 N–H and O–H groups in total. The van der Waals surface area contributed by atoms with E-state index in [9.17, 15) is 28.8 Å². The van der Waals surface area contributed by atoms with Crippen LogP contribution in [0, 0.1) is 0 Å². The zero-order chi connectivity index (χ0) is 15.9. The van der Waals surface area contributed by atoms with Gasteiger partial charge in [-0.05, 0) is 0 Å². The van der Waals surface area contributed by atoms with Crippen molar-refractivity contribution in [1.82, 2.24) is 0 Å². The Bertz CT molecular complexity index is 722. The summed E-state index contributed by atoms with van der Waals surface area (Å²) in [5.74, 6) is -2.45. The van der Waals surface area contributed by atoms with E-state index < -0.39 is 42.6 Å². The van der Waals surface area contributed by atoms with Crippen LogP contribution >= 0.6 is 0 Å². The van der Waals surface area contributed by atoms with E-state index in [1.54, 1.807) is 0 Å². The van der Waals surface area contributed by atoms with Crippen molar-refractivity contribution in [3.63, 3.8) is 0 Å². The lowest BCUT2D eigenvalue weighted by Gasteiger charge is -2.10. The second-order valence-electron chi connectivity index (χ2n) is 4.25. The van der Waals surface area contributed by atoms with Crippen molar-refractivity contribution in [2.75, 3.05) is 11.5 Å². The predicted molar refractivity (Wildman–Crippen MR) is 73.8 cm³/mol. The smallest absolute Gasteiger partial charge is 0.207 e. The molecule has 0 fully saturated rings. The second kappa shape index (κ2) is 4.63. The first-order valence-corrected chi connectivity index (χ1v) is 7.01. The highest BCUT2D eigenvalue weighted by molar-refractivity contribution is 7.91. The summed E-state index contributed by atoms with van der Waals surface area (Å²) in [6.45, 7) is 0. The molecule has 0 spiro atoms. The Morgan fingerprint density at radius 1 is 0.667 bits per heavy atom. The average Bonchev–Trinajstić information content (AvgIpc) is 2.40. The van der Waals surface area contributed by atoms with Crippen LogP contribution in [0.25, 0.3) is 0 Å². The van der Waals surface area contributed by atoms with Crippen LogP contribution < -0.4 is 11.5 Å². The van der Waals surface area contributed by atoms with Gasteiger partial charge >= 0.3 is 0 Å². The van der Waals surface area contributed by atoms with Crippen LogP contribution in [0.3, 0.4) is 0 Å². The van der Waals surface area contributed by atoms with Crippen LogP contribution in [0.4, 0.5) is 11.4 Å². The molecular formula is C12H12N2O6S. The third kappa shape index (κ3) is 2.34. The van der Waals surface area contributed by atoms with E-state index in [1.807, 2.05) is 0 Å².